The van der Waals surface area contributed by atoms with Crippen LogP contribution in [0.25, 0.3) is 0 Å². The van der Waals surface area contributed by atoms with E-state index in [2.05, 4.69) is 31.5 Å². The van der Waals surface area contributed by atoms with Gasteiger partial charge in [0.1, 0.15) is 4.88 Å². The van der Waals surface area contributed by atoms with Crippen molar-refractivity contribution in [1.29, 1.82) is 0 Å². The second kappa shape index (κ2) is 8.95. The van der Waals surface area contributed by atoms with Crippen LogP contribution in [0.4, 0.5) is 0 Å². The van der Waals surface area contributed by atoms with Crippen LogP contribution in [0.2, 0.25) is 0 Å². The predicted molar refractivity (Wildman–Crippen MR) is 92.2 cm³/mol. The van der Waals surface area contributed by atoms with E-state index < -0.39 is 0 Å². The molecule has 120 valence electrons. The lowest BCUT2D eigenvalue weighted by Gasteiger charge is -2.27. The fourth-order valence-corrected chi connectivity index (χ4v) is 3.84. The Bertz CT molecular complexity index is 478. The van der Waals surface area contributed by atoms with Crippen molar-refractivity contribution in [3.63, 3.8) is 0 Å². The minimum Gasteiger partial charge on any atom is -0.494 e. The molecule has 2 heterocycles. The molecule has 1 fully saturated rings. The Morgan fingerprint density at radius 3 is 2.76 bits per heavy atom. The number of amides is 1. The summed E-state index contributed by atoms with van der Waals surface area (Å²) in [5.74, 6) is 0.572. The molecule has 1 aromatic heterocycles. The van der Waals surface area contributed by atoms with Gasteiger partial charge in [0.2, 0.25) is 0 Å². The highest BCUT2D eigenvalue weighted by Gasteiger charge is 2.20. The van der Waals surface area contributed by atoms with Crippen LogP contribution in [0, 0.1) is 6.92 Å². The summed E-state index contributed by atoms with van der Waals surface area (Å²) in [5.41, 5.74) is 0. The molecule has 1 aliphatic rings. The van der Waals surface area contributed by atoms with E-state index in [9.17, 15) is 4.79 Å². The summed E-state index contributed by atoms with van der Waals surface area (Å²) < 4.78 is 6.17. The monoisotopic (exact) mass is 397 g/mol. The third-order valence-corrected chi connectivity index (χ3v) is 5.61. The number of nitrogens with zero attached hydrogens (tertiary/aromatic N) is 1. The van der Waals surface area contributed by atoms with Crippen molar-refractivity contribution in [2.45, 2.75) is 6.92 Å². The highest BCUT2D eigenvalue weighted by molar-refractivity contribution is 9.10. The topological polar surface area (TPSA) is 53.6 Å². The van der Waals surface area contributed by atoms with Crippen molar-refractivity contribution < 1.29 is 9.53 Å². The van der Waals surface area contributed by atoms with Crippen molar-refractivity contribution in [2.75, 3.05) is 46.4 Å². The first-order chi connectivity index (χ1) is 9.63. The number of aryl methyl sites for hydroxylation is 1. The average Bonchev–Trinajstić information content (AvgIpc) is 2.75. The summed E-state index contributed by atoms with van der Waals surface area (Å²) in [6, 6.07) is 0. The SMILES string of the molecule is COc1c(C(=O)NCCN2CCNCC2)sc(C)c1Br.Cl. The molecule has 1 aromatic rings. The van der Waals surface area contributed by atoms with Gasteiger partial charge in [-0.25, -0.2) is 0 Å². The van der Waals surface area contributed by atoms with Crippen LogP contribution in [0.3, 0.4) is 0 Å². The van der Waals surface area contributed by atoms with Crippen LogP contribution in [0.5, 0.6) is 5.75 Å². The fraction of sp³-hybridized carbons (Fsp3) is 0.615. The van der Waals surface area contributed by atoms with Crippen molar-refractivity contribution in [3.8, 4) is 5.75 Å². The number of halogens is 2. The molecule has 1 amide bonds. The van der Waals surface area contributed by atoms with Gasteiger partial charge in [-0.3, -0.25) is 9.69 Å². The van der Waals surface area contributed by atoms with Crippen molar-refractivity contribution in [1.82, 2.24) is 15.5 Å². The molecular weight excluding hydrogens is 378 g/mol. The first kappa shape index (κ1) is 18.7. The first-order valence-electron chi connectivity index (χ1n) is 6.67. The van der Waals surface area contributed by atoms with Crippen molar-refractivity contribution in [3.05, 3.63) is 14.2 Å². The van der Waals surface area contributed by atoms with Gasteiger partial charge in [-0.1, -0.05) is 0 Å². The Labute approximate surface area is 144 Å². The van der Waals surface area contributed by atoms with Gasteiger partial charge in [-0.2, -0.15) is 0 Å². The summed E-state index contributed by atoms with van der Waals surface area (Å²) in [6.07, 6.45) is 0. The number of thiophene rings is 1. The molecule has 0 atom stereocenters. The molecule has 0 unspecified atom stereocenters. The normalized spacial score (nSPS) is 15.4. The predicted octanol–water partition coefficient (Wildman–Crippen LogP) is 1.88. The number of nitrogens with one attached hydrogen (secondary N) is 2. The number of carbonyl (C=O) groups is 1. The minimum atomic E-state index is -0.0595. The smallest absolute Gasteiger partial charge is 0.265 e. The molecule has 2 N–H and O–H groups in total. The summed E-state index contributed by atoms with van der Waals surface area (Å²) >= 11 is 4.90. The summed E-state index contributed by atoms with van der Waals surface area (Å²) in [4.78, 5) is 16.2. The number of ether oxygens (including phenoxy) is 1. The lowest BCUT2D eigenvalue weighted by Crippen LogP contribution is -2.46. The number of rotatable bonds is 5. The van der Waals surface area contributed by atoms with E-state index in [0.717, 1.165) is 42.1 Å². The van der Waals surface area contributed by atoms with Crippen molar-refractivity contribution in [2.24, 2.45) is 0 Å². The third kappa shape index (κ3) is 4.82. The Morgan fingerprint density at radius 2 is 2.14 bits per heavy atom. The molecule has 1 aliphatic heterocycles. The molecule has 2 rings (SSSR count). The van der Waals surface area contributed by atoms with Gasteiger partial charge < -0.3 is 15.4 Å². The highest BCUT2D eigenvalue weighted by Crippen LogP contribution is 2.38. The maximum atomic E-state index is 12.2. The summed E-state index contributed by atoms with van der Waals surface area (Å²) in [7, 11) is 1.59. The maximum Gasteiger partial charge on any atom is 0.265 e. The lowest BCUT2D eigenvalue weighted by atomic mass is 10.3. The number of hydrogen-bond acceptors (Lipinski definition) is 5. The maximum absolute atomic E-state index is 12.2. The molecule has 5 nitrogen and oxygen atoms in total. The summed E-state index contributed by atoms with van der Waals surface area (Å²) in [6.45, 7) is 7.66. The molecule has 0 radical (unpaired) electrons. The molecule has 1 saturated heterocycles. The second-order valence-electron chi connectivity index (χ2n) is 4.68. The van der Waals surface area contributed by atoms with E-state index in [1.54, 1.807) is 7.11 Å². The van der Waals surface area contributed by atoms with Crippen molar-refractivity contribution >= 4 is 45.6 Å². The molecule has 0 saturated carbocycles. The molecule has 0 bridgehead atoms. The van der Waals surface area contributed by atoms with Gasteiger partial charge in [0, 0.05) is 44.1 Å². The largest absolute Gasteiger partial charge is 0.494 e. The molecule has 21 heavy (non-hydrogen) atoms. The van der Waals surface area contributed by atoms with Gasteiger partial charge >= 0.3 is 0 Å². The average molecular weight is 399 g/mol. The second-order valence-corrected chi connectivity index (χ2v) is 6.70. The van der Waals surface area contributed by atoms with E-state index >= 15 is 0 Å². The third-order valence-electron chi connectivity index (χ3n) is 3.30. The number of hydrogen-bond donors (Lipinski definition) is 2. The first-order valence-corrected chi connectivity index (χ1v) is 8.28. The van der Waals surface area contributed by atoms with Crippen LogP contribution < -0.4 is 15.4 Å². The molecule has 0 spiro atoms. The van der Waals surface area contributed by atoms with Crippen LogP contribution in [0.1, 0.15) is 14.5 Å². The molecule has 8 heteroatoms. The zero-order valence-corrected chi connectivity index (χ0v) is 15.4. The molecule has 0 aromatic carbocycles. The molecular formula is C13H21BrClN3O2S. The van der Waals surface area contributed by atoms with E-state index in [1.807, 2.05) is 6.92 Å². The van der Waals surface area contributed by atoms with Gasteiger partial charge in [0.25, 0.3) is 5.91 Å². The van der Waals surface area contributed by atoms with E-state index in [-0.39, 0.29) is 18.3 Å². The Balaban J connectivity index is 0.00000220. The Kier molecular flexibility index (Phi) is 7.97. The Hall–Kier alpha value is -0.340. The van der Waals surface area contributed by atoms with E-state index in [1.165, 1.54) is 11.3 Å². The number of piperazine rings is 1. The number of carbonyl (C=O) groups excluding carboxylic acids is 1. The van der Waals surface area contributed by atoms with Gasteiger partial charge in [0.05, 0.1) is 11.6 Å². The fourth-order valence-electron chi connectivity index (χ4n) is 2.18. The van der Waals surface area contributed by atoms with Gasteiger partial charge in [-0.05, 0) is 22.9 Å². The summed E-state index contributed by atoms with van der Waals surface area (Å²) in [5, 5.41) is 6.28. The van der Waals surface area contributed by atoms with Gasteiger partial charge in [0.15, 0.2) is 5.75 Å². The standard InChI is InChI=1S/C13H20BrN3O2S.ClH/c1-9-10(14)11(19-2)12(20-9)13(18)16-5-8-17-6-3-15-4-7-17;/h15H,3-8H2,1-2H3,(H,16,18);1H. The lowest BCUT2D eigenvalue weighted by molar-refractivity contribution is 0.0948. The van der Waals surface area contributed by atoms with Crippen LogP contribution >= 0.6 is 39.7 Å². The van der Waals surface area contributed by atoms with Crippen LogP contribution in [-0.2, 0) is 0 Å². The van der Waals surface area contributed by atoms with E-state index in [0.29, 0.717) is 17.2 Å². The minimum absolute atomic E-state index is 0. The van der Waals surface area contributed by atoms with Crippen LogP contribution in [0.15, 0.2) is 4.47 Å². The highest BCUT2D eigenvalue weighted by atomic mass is 79.9. The number of methoxy groups -OCH3 is 1. The molecule has 0 aliphatic carbocycles. The zero-order valence-electron chi connectivity index (χ0n) is 12.2. The Morgan fingerprint density at radius 1 is 1.48 bits per heavy atom. The van der Waals surface area contributed by atoms with Crippen LogP contribution in [-0.4, -0.2) is 57.2 Å². The quantitative estimate of drug-likeness (QED) is 0.795. The van der Waals surface area contributed by atoms with Gasteiger partial charge in [-0.15, -0.1) is 23.7 Å². The van der Waals surface area contributed by atoms with E-state index in [4.69, 9.17) is 4.74 Å². The zero-order chi connectivity index (χ0) is 14.5.